The fourth-order valence-corrected chi connectivity index (χ4v) is 5.35. The summed E-state index contributed by atoms with van der Waals surface area (Å²) < 4.78 is 0. The molecule has 12 nitrogen and oxygen atoms in total. The summed E-state index contributed by atoms with van der Waals surface area (Å²) >= 11 is 2.95. The minimum absolute atomic E-state index is 0.0616. The number of amides is 4. The topological polar surface area (TPSA) is 191 Å². The average Bonchev–Trinajstić information content (AvgIpc) is 3.43. The summed E-state index contributed by atoms with van der Waals surface area (Å²) in [7, 11) is 0. The van der Waals surface area contributed by atoms with Crippen molar-refractivity contribution in [3.8, 4) is 5.75 Å². The van der Waals surface area contributed by atoms with Gasteiger partial charge in [-0.2, -0.15) is 23.5 Å². The fourth-order valence-electron chi connectivity index (χ4n) is 4.41. The minimum atomic E-state index is -1.15. The van der Waals surface area contributed by atoms with E-state index >= 15 is 0 Å². The van der Waals surface area contributed by atoms with Crippen molar-refractivity contribution in [2.24, 2.45) is 5.73 Å². The SMILES string of the molecule is CSCC[C@H](NC(=O)[C@H](CCSC)NC(=O)[C@@H]1CCCN1C(=O)[C@H](Cc1ccc(O)cc1)NC(=O)[C@H](C)N)C(=O)O. The van der Waals surface area contributed by atoms with Gasteiger partial charge in [0.15, 0.2) is 0 Å². The third-order valence-electron chi connectivity index (χ3n) is 6.71. The van der Waals surface area contributed by atoms with Crippen LogP contribution in [0.3, 0.4) is 0 Å². The number of carbonyl (C=O) groups excluding carboxylic acids is 4. The first-order chi connectivity index (χ1) is 19.5. The molecule has 0 aromatic heterocycles. The van der Waals surface area contributed by atoms with Crippen molar-refractivity contribution in [1.82, 2.24) is 20.9 Å². The van der Waals surface area contributed by atoms with E-state index in [0.717, 1.165) is 0 Å². The number of phenols is 1. The molecular formula is C27H41N5O7S2. The molecule has 0 aliphatic carbocycles. The molecule has 0 radical (unpaired) electrons. The second-order valence-corrected chi connectivity index (χ2v) is 11.9. The summed E-state index contributed by atoms with van der Waals surface area (Å²) in [5.74, 6) is -2.09. The Morgan fingerprint density at radius 1 is 0.951 bits per heavy atom. The highest BCUT2D eigenvalue weighted by atomic mass is 32.2. The lowest BCUT2D eigenvalue weighted by molar-refractivity contribution is -0.143. The minimum Gasteiger partial charge on any atom is -0.508 e. The number of nitrogens with two attached hydrogens (primary N) is 1. The highest BCUT2D eigenvalue weighted by molar-refractivity contribution is 7.98. The maximum atomic E-state index is 13.7. The number of aliphatic carboxylic acids is 1. The number of hydrogen-bond donors (Lipinski definition) is 6. The number of thioether (sulfide) groups is 2. The monoisotopic (exact) mass is 611 g/mol. The maximum absolute atomic E-state index is 13.7. The second-order valence-electron chi connectivity index (χ2n) is 9.93. The molecule has 0 saturated carbocycles. The molecule has 0 bridgehead atoms. The first-order valence-electron chi connectivity index (χ1n) is 13.4. The first-order valence-corrected chi connectivity index (χ1v) is 16.2. The number of carboxylic acids is 1. The van der Waals surface area contributed by atoms with E-state index in [4.69, 9.17) is 5.73 Å². The van der Waals surface area contributed by atoms with Crippen molar-refractivity contribution in [2.45, 2.75) is 69.2 Å². The van der Waals surface area contributed by atoms with Gasteiger partial charge in [0.1, 0.15) is 29.9 Å². The van der Waals surface area contributed by atoms with Gasteiger partial charge in [0.25, 0.3) is 0 Å². The van der Waals surface area contributed by atoms with Crippen molar-refractivity contribution in [1.29, 1.82) is 0 Å². The van der Waals surface area contributed by atoms with Crippen molar-refractivity contribution in [3.05, 3.63) is 29.8 Å². The fraction of sp³-hybridized carbons (Fsp3) is 0.593. The molecule has 1 aliphatic heterocycles. The number of rotatable bonds is 16. The van der Waals surface area contributed by atoms with Crippen molar-refractivity contribution < 1.29 is 34.2 Å². The van der Waals surface area contributed by atoms with Crippen LogP contribution in [0.2, 0.25) is 0 Å². The quantitative estimate of drug-likeness (QED) is 0.152. The molecule has 7 N–H and O–H groups in total. The van der Waals surface area contributed by atoms with Gasteiger partial charge in [-0.1, -0.05) is 12.1 Å². The molecule has 1 saturated heterocycles. The zero-order valence-corrected chi connectivity index (χ0v) is 25.3. The van der Waals surface area contributed by atoms with Gasteiger partial charge in [0, 0.05) is 13.0 Å². The van der Waals surface area contributed by atoms with Crippen LogP contribution in [-0.4, -0.2) is 105 Å². The normalized spacial score (nSPS) is 17.7. The summed E-state index contributed by atoms with van der Waals surface area (Å²) in [6.07, 6.45) is 5.26. The zero-order chi connectivity index (χ0) is 30.5. The van der Waals surface area contributed by atoms with E-state index in [1.807, 2.05) is 12.5 Å². The molecule has 4 amide bonds. The lowest BCUT2D eigenvalue weighted by Gasteiger charge is -2.30. The molecule has 1 fully saturated rings. The molecule has 5 atom stereocenters. The van der Waals surface area contributed by atoms with E-state index in [0.29, 0.717) is 29.9 Å². The predicted molar refractivity (Wildman–Crippen MR) is 160 cm³/mol. The smallest absolute Gasteiger partial charge is 0.326 e. The first kappa shape index (κ1) is 34.2. The highest BCUT2D eigenvalue weighted by Gasteiger charge is 2.39. The van der Waals surface area contributed by atoms with Gasteiger partial charge >= 0.3 is 5.97 Å². The Bertz CT molecular complexity index is 1060. The Labute approximate surface area is 248 Å². The number of likely N-dealkylation sites (tertiary alicyclic amines) is 1. The number of benzene rings is 1. The Kier molecular flexibility index (Phi) is 14.3. The maximum Gasteiger partial charge on any atom is 0.326 e. The third-order valence-corrected chi connectivity index (χ3v) is 8.00. The van der Waals surface area contributed by atoms with Gasteiger partial charge in [0.2, 0.25) is 23.6 Å². The van der Waals surface area contributed by atoms with E-state index in [1.165, 1.54) is 47.5 Å². The average molecular weight is 612 g/mol. The number of carbonyl (C=O) groups is 5. The lowest BCUT2D eigenvalue weighted by Crippen LogP contribution is -2.58. The molecule has 1 heterocycles. The van der Waals surface area contributed by atoms with E-state index in [-0.39, 0.29) is 31.6 Å². The predicted octanol–water partition coefficient (Wildman–Crippen LogP) is 0.318. The summed E-state index contributed by atoms with van der Waals surface area (Å²) in [5.41, 5.74) is 6.41. The van der Waals surface area contributed by atoms with Crippen molar-refractivity contribution in [3.63, 3.8) is 0 Å². The van der Waals surface area contributed by atoms with Crippen LogP contribution in [0.25, 0.3) is 0 Å². The number of phenolic OH excluding ortho intramolecular Hbond substituents is 1. The summed E-state index contributed by atoms with van der Waals surface area (Å²) in [6, 6.07) is 1.45. The summed E-state index contributed by atoms with van der Waals surface area (Å²) in [6.45, 7) is 1.79. The van der Waals surface area contributed by atoms with Gasteiger partial charge in [-0.15, -0.1) is 0 Å². The van der Waals surface area contributed by atoms with E-state index in [1.54, 1.807) is 12.1 Å². The Morgan fingerprint density at radius 2 is 1.54 bits per heavy atom. The zero-order valence-electron chi connectivity index (χ0n) is 23.6. The second kappa shape index (κ2) is 17.1. The van der Waals surface area contributed by atoms with Gasteiger partial charge in [0.05, 0.1) is 6.04 Å². The van der Waals surface area contributed by atoms with Crippen LogP contribution in [0.5, 0.6) is 5.75 Å². The molecule has 1 aliphatic rings. The number of nitrogens with zero attached hydrogens (tertiary/aromatic N) is 1. The Balaban J connectivity index is 2.20. The molecule has 1 aromatic carbocycles. The standard InChI is InChI=1S/C27H41N5O7S2/c1-16(28)23(34)31-21(15-17-6-8-18(33)9-7-17)26(37)32-12-4-5-22(32)25(36)29-19(10-13-40-2)24(35)30-20(27(38)39)11-14-41-3/h6-9,16,19-22,33H,4-5,10-15,28H2,1-3H3,(H,29,36)(H,30,35)(H,31,34)(H,38,39)/t16-,19-,20-,21-,22-/m0/s1. The molecular weight excluding hydrogens is 570 g/mol. The molecule has 41 heavy (non-hydrogen) atoms. The van der Waals surface area contributed by atoms with Crippen LogP contribution >= 0.6 is 23.5 Å². The number of aromatic hydroxyl groups is 1. The van der Waals surface area contributed by atoms with Crippen molar-refractivity contribution >= 4 is 53.1 Å². The molecule has 2 rings (SSSR count). The van der Waals surface area contributed by atoms with E-state index < -0.39 is 59.8 Å². The van der Waals surface area contributed by atoms with E-state index in [9.17, 15) is 34.2 Å². The number of nitrogens with one attached hydrogen (secondary N) is 3. The third kappa shape index (κ3) is 10.7. The van der Waals surface area contributed by atoms with Gasteiger partial charge < -0.3 is 36.8 Å². The van der Waals surface area contributed by atoms with Crippen LogP contribution in [0.15, 0.2) is 24.3 Å². The van der Waals surface area contributed by atoms with Gasteiger partial charge in [-0.05, 0) is 74.3 Å². The van der Waals surface area contributed by atoms with Crippen molar-refractivity contribution in [2.75, 3.05) is 30.6 Å². The number of carboxylic acid groups (broad SMARTS) is 1. The van der Waals surface area contributed by atoms with Crippen LogP contribution in [0.1, 0.15) is 38.2 Å². The van der Waals surface area contributed by atoms with E-state index in [2.05, 4.69) is 16.0 Å². The Hall–Kier alpha value is -2.97. The van der Waals surface area contributed by atoms with Crippen LogP contribution in [-0.2, 0) is 30.4 Å². The van der Waals surface area contributed by atoms with Gasteiger partial charge in [-0.3, -0.25) is 19.2 Å². The molecule has 0 spiro atoms. The van der Waals surface area contributed by atoms with Gasteiger partial charge in [-0.25, -0.2) is 4.79 Å². The lowest BCUT2D eigenvalue weighted by atomic mass is 10.0. The van der Waals surface area contributed by atoms with Crippen LogP contribution < -0.4 is 21.7 Å². The summed E-state index contributed by atoms with van der Waals surface area (Å²) in [5, 5.41) is 27.1. The Morgan fingerprint density at radius 3 is 2.10 bits per heavy atom. The van der Waals surface area contributed by atoms with Crippen LogP contribution in [0.4, 0.5) is 0 Å². The molecule has 1 aromatic rings. The van der Waals surface area contributed by atoms with Crippen LogP contribution in [0, 0.1) is 0 Å². The molecule has 0 unspecified atom stereocenters. The number of hydrogen-bond acceptors (Lipinski definition) is 9. The summed E-state index contributed by atoms with van der Waals surface area (Å²) in [4.78, 5) is 65.7. The largest absolute Gasteiger partial charge is 0.508 e. The highest BCUT2D eigenvalue weighted by Crippen LogP contribution is 2.21. The molecule has 14 heteroatoms. The molecule has 228 valence electrons.